The minimum absolute atomic E-state index is 0.0217. The summed E-state index contributed by atoms with van der Waals surface area (Å²) in [6, 6.07) is 14.0. The zero-order chi connectivity index (χ0) is 17.8. The van der Waals surface area contributed by atoms with Crippen LogP contribution in [0.1, 0.15) is 31.2 Å². The highest BCUT2D eigenvalue weighted by Crippen LogP contribution is 2.32. The zero-order valence-electron chi connectivity index (χ0n) is 14.9. The van der Waals surface area contributed by atoms with Crippen molar-refractivity contribution in [1.82, 2.24) is 0 Å². The van der Waals surface area contributed by atoms with Gasteiger partial charge in [-0.2, -0.15) is 0 Å². The van der Waals surface area contributed by atoms with Crippen molar-refractivity contribution in [3.8, 4) is 11.5 Å². The summed E-state index contributed by atoms with van der Waals surface area (Å²) < 4.78 is 10.7. The maximum atomic E-state index is 12.2. The highest BCUT2D eigenvalue weighted by Gasteiger charge is 2.14. The van der Waals surface area contributed by atoms with Crippen LogP contribution in [0.15, 0.2) is 42.5 Å². The van der Waals surface area contributed by atoms with E-state index in [-0.39, 0.29) is 12.7 Å². The number of carbonyl (C=O) groups excluding carboxylic acids is 1. The number of nitrogens with one attached hydrogen (secondary N) is 1. The Labute approximate surface area is 153 Å². The van der Waals surface area contributed by atoms with Crippen molar-refractivity contribution in [1.29, 1.82) is 0 Å². The maximum Gasteiger partial charge on any atom is 0.231 e. The molecule has 0 unspecified atom stereocenters. The molecule has 26 heavy (non-hydrogen) atoms. The van der Waals surface area contributed by atoms with Crippen molar-refractivity contribution in [2.24, 2.45) is 0 Å². The van der Waals surface area contributed by atoms with E-state index in [9.17, 15) is 4.79 Å². The molecule has 4 rings (SSSR count). The summed E-state index contributed by atoms with van der Waals surface area (Å²) in [5, 5.41) is 2.98. The van der Waals surface area contributed by atoms with Crippen molar-refractivity contribution < 1.29 is 14.3 Å². The van der Waals surface area contributed by atoms with E-state index in [1.165, 1.54) is 24.9 Å². The lowest BCUT2D eigenvalue weighted by Gasteiger charge is -2.28. The third kappa shape index (κ3) is 3.93. The lowest BCUT2D eigenvalue weighted by Crippen LogP contribution is -2.29. The molecule has 0 aromatic heterocycles. The van der Waals surface area contributed by atoms with Crippen LogP contribution in [0.4, 0.5) is 11.4 Å². The van der Waals surface area contributed by atoms with Crippen molar-refractivity contribution in [3.63, 3.8) is 0 Å². The molecule has 2 aromatic carbocycles. The predicted octanol–water partition coefficient (Wildman–Crippen LogP) is 3.98. The van der Waals surface area contributed by atoms with Gasteiger partial charge in [-0.3, -0.25) is 4.79 Å². The van der Waals surface area contributed by atoms with Gasteiger partial charge < -0.3 is 19.7 Å². The van der Waals surface area contributed by atoms with Crippen LogP contribution in [-0.4, -0.2) is 25.8 Å². The SMILES string of the molecule is O=C(CCc1ccc2c(c1)OCO2)Nc1ccc(N2CCCCC2)cc1. The third-order valence-corrected chi connectivity index (χ3v) is 4.95. The van der Waals surface area contributed by atoms with Crippen LogP contribution in [0.25, 0.3) is 0 Å². The molecular formula is C21H24N2O3. The maximum absolute atomic E-state index is 12.2. The molecule has 2 heterocycles. The smallest absolute Gasteiger partial charge is 0.231 e. The van der Waals surface area contributed by atoms with Gasteiger partial charge in [0.25, 0.3) is 0 Å². The van der Waals surface area contributed by atoms with Crippen LogP contribution >= 0.6 is 0 Å². The molecule has 2 aliphatic heterocycles. The molecule has 0 atom stereocenters. The van der Waals surface area contributed by atoms with Gasteiger partial charge in [-0.05, 0) is 67.6 Å². The van der Waals surface area contributed by atoms with Gasteiger partial charge in [-0.1, -0.05) is 6.07 Å². The Morgan fingerprint density at radius 1 is 0.962 bits per heavy atom. The topological polar surface area (TPSA) is 50.8 Å². The molecule has 2 aliphatic rings. The number of hydrogen-bond acceptors (Lipinski definition) is 4. The van der Waals surface area contributed by atoms with Gasteiger partial charge in [0.15, 0.2) is 11.5 Å². The fourth-order valence-corrected chi connectivity index (χ4v) is 3.49. The second-order valence-electron chi connectivity index (χ2n) is 6.83. The van der Waals surface area contributed by atoms with E-state index in [1.54, 1.807) is 0 Å². The molecule has 1 fully saturated rings. The number of hydrogen-bond donors (Lipinski definition) is 1. The second-order valence-corrected chi connectivity index (χ2v) is 6.83. The predicted molar refractivity (Wildman–Crippen MR) is 102 cm³/mol. The number of piperidine rings is 1. The van der Waals surface area contributed by atoms with Crippen LogP contribution in [0.3, 0.4) is 0 Å². The Morgan fingerprint density at radius 3 is 2.54 bits per heavy atom. The van der Waals surface area contributed by atoms with Crippen molar-refractivity contribution in [3.05, 3.63) is 48.0 Å². The quantitative estimate of drug-likeness (QED) is 0.884. The molecule has 0 bridgehead atoms. The summed E-state index contributed by atoms with van der Waals surface area (Å²) in [6.45, 7) is 2.52. The molecule has 2 aromatic rings. The van der Waals surface area contributed by atoms with Crippen LogP contribution in [0.2, 0.25) is 0 Å². The molecule has 0 aliphatic carbocycles. The van der Waals surface area contributed by atoms with E-state index in [2.05, 4.69) is 22.3 Å². The monoisotopic (exact) mass is 352 g/mol. The Kier molecular flexibility index (Phi) is 4.95. The molecule has 5 nitrogen and oxygen atoms in total. The average molecular weight is 352 g/mol. The van der Waals surface area contributed by atoms with Gasteiger partial charge in [0.1, 0.15) is 0 Å². The summed E-state index contributed by atoms with van der Waals surface area (Å²) in [5.74, 6) is 1.55. The molecule has 1 saturated heterocycles. The number of nitrogens with zero attached hydrogens (tertiary/aromatic N) is 1. The van der Waals surface area contributed by atoms with Crippen molar-refractivity contribution >= 4 is 17.3 Å². The molecular weight excluding hydrogens is 328 g/mol. The largest absolute Gasteiger partial charge is 0.454 e. The van der Waals surface area contributed by atoms with Gasteiger partial charge >= 0.3 is 0 Å². The Bertz CT molecular complexity index is 767. The van der Waals surface area contributed by atoms with Crippen LogP contribution in [-0.2, 0) is 11.2 Å². The molecule has 0 spiro atoms. The summed E-state index contributed by atoms with van der Waals surface area (Å²) in [6.07, 6.45) is 4.96. The van der Waals surface area contributed by atoms with Gasteiger partial charge in [0.2, 0.25) is 12.7 Å². The number of ether oxygens (including phenoxy) is 2. The minimum atomic E-state index is 0.0217. The number of rotatable bonds is 5. The molecule has 1 amide bonds. The number of benzene rings is 2. The number of anilines is 2. The number of aryl methyl sites for hydroxylation is 1. The first-order chi connectivity index (χ1) is 12.8. The highest BCUT2D eigenvalue weighted by atomic mass is 16.7. The standard InChI is InChI=1S/C21H24N2O3/c24-21(11-5-16-4-10-19-20(14-16)26-15-25-19)22-17-6-8-18(9-7-17)23-12-2-1-3-13-23/h4,6-10,14H,1-3,5,11-13,15H2,(H,22,24). The Balaban J connectivity index is 1.29. The summed E-state index contributed by atoms with van der Waals surface area (Å²) in [5.41, 5.74) is 3.16. The lowest BCUT2D eigenvalue weighted by molar-refractivity contribution is -0.116. The lowest BCUT2D eigenvalue weighted by atomic mass is 10.1. The summed E-state index contributed by atoms with van der Waals surface area (Å²) in [4.78, 5) is 14.6. The molecule has 0 radical (unpaired) electrons. The van der Waals surface area contributed by atoms with E-state index < -0.39 is 0 Å². The van der Waals surface area contributed by atoms with Gasteiger partial charge in [-0.15, -0.1) is 0 Å². The number of fused-ring (bicyclic) bond motifs is 1. The van der Waals surface area contributed by atoms with E-state index in [4.69, 9.17) is 9.47 Å². The molecule has 1 N–H and O–H groups in total. The molecule has 0 saturated carbocycles. The van der Waals surface area contributed by atoms with Crippen molar-refractivity contribution in [2.75, 3.05) is 30.1 Å². The first-order valence-corrected chi connectivity index (χ1v) is 9.31. The first kappa shape index (κ1) is 16.8. The van der Waals surface area contributed by atoms with Crippen LogP contribution in [0.5, 0.6) is 11.5 Å². The Hall–Kier alpha value is -2.69. The normalized spacial score (nSPS) is 15.8. The summed E-state index contributed by atoms with van der Waals surface area (Å²) >= 11 is 0. The first-order valence-electron chi connectivity index (χ1n) is 9.31. The van der Waals surface area contributed by atoms with E-state index in [1.807, 2.05) is 30.3 Å². The van der Waals surface area contributed by atoms with Crippen LogP contribution < -0.4 is 19.7 Å². The third-order valence-electron chi connectivity index (χ3n) is 4.95. The fourth-order valence-electron chi connectivity index (χ4n) is 3.49. The minimum Gasteiger partial charge on any atom is -0.454 e. The van der Waals surface area contributed by atoms with Gasteiger partial charge in [0.05, 0.1) is 0 Å². The zero-order valence-corrected chi connectivity index (χ0v) is 14.9. The van der Waals surface area contributed by atoms with Gasteiger partial charge in [0, 0.05) is 30.9 Å². The van der Waals surface area contributed by atoms with E-state index in [0.29, 0.717) is 12.8 Å². The number of amides is 1. The highest BCUT2D eigenvalue weighted by molar-refractivity contribution is 5.91. The Morgan fingerprint density at radius 2 is 1.73 bits per heavy atom. The fraction of sp³-hybridized carbons (Fsp3) is 0.381. The summed E-state index contributed by atoms with van der Waals surface area (Å²) in [7, 11) is 0. The average Bonchev–Trinajstić information content (AvgIpc) is 3.15. The van der Waals surface area contributed by atoms with Crippen molar-refractivity contribution in [2.45, 2.75) is 32.1 Å². The van der Waals surface area contributed by atoms with E-state index >= 15 is 0 Å². The molecule has 136 valence electrons. The second kappa shape index (κ2) is 7.68. The van der Waals surface area contributed by atoms with E-state index in [0.717, 1.165) is 35.8 Å². The number of carbonyl (C=O) groups is 1. The van der Waals surface area contributed by atoms with Crippen LogP contribution in [0, 0.1) is 0 Å². The van der Waals surface area contributed by atoms with Gasteiger partial charge in [-0.25, -0.2) is 0 Å². The molecule has 5 heteroatoms.